The normalized spacial score (nSPS) is 10.9. The van der Waals surface area contributed by atoms with E-state index in [0.717, 1.165) is 29.0 Å². The fraction of sp³-hybridized carbons (Fsp3) is 0.429. The van der Waals surface area contributed by atoms with Gasteiger partial charge in [-0.3, -0.25) is 4.79 Å². The van der Waals surface area contributed by atoms with Gasteiger partial charge >= 0.3 is 0 Å². The first-order valence-corrected chi connectivity index (χ1v) is 7.16. The number of primary amides is 1. The molecule has 0 aliphatic carbocycles. The minimum atomic E-state index is -0.342. The maximum atomic E-state index is 11.0. The fourth-order valence-electron chi connectivity index (χ4n) is 2.07. The molecule has 0 atom stereocenters. The highest BCUT2D eigenvalue weighted by atomic mass is 35.5. The van der Waals surface area contributed by atoms with E-state index in [1.165, 1.54) is 0 Å². The summed E-state index contributed by atoms with van der Waals surface area (Å²) in [5, 5.41) is 0. The van der Waals surface area contributed by atoms with Crippen molar-refractivity contribution >= 4 is 28.5 Å². The van der Waals surface area contributed by atoms with Crippen LogP contribution in [0.15, 0.2) is 18.2 Å². The van der Waals surface area contributed by atoms with E-state index in [4.69, 9.17) is 22.1 Å². The van der Waals surface area contributed by atoms with E-state index in [0.29, 0.717) is 13.2 Å². The van der Waals surface area contributed by atoms with E-state index in [2.05, 4.69) is 11.9 Å². The Morgan fingerprint density at radius 1 is 1.50 bits per heavy atom. The average Bonchev–Trinajstić information content (AvgIpc) is 2.81. The van der Waals surface area contributed by atoms with Crippen LogP contribution in [-0.4, -0.2) is 22.1 Å². The number of aromatic nitrogens is 2. The third-order valence-electron chi connectivity index (χ3n) is 2.98. The number of hydrogen-bond donors (Lipinski definition) is 1. The summed E-state index contributed by atoms with van der Waals surface area (Å²) in [6.07, 6.45) is 1.19. The van der Waals surface area contributed by atoms with Crippen LogP contribution in [0.5, 0.6) is 5.75 Å². The lowest BCUT2D eigenvalue weighted by Gasteiger charge is -2.07. The molecule has 5 nitrogen and oxygen atoms in total. The molecule has 1 aromatic carbocycles. The number of aryl methyl sites for hydroxylation is 1. The number of imidazole rings is 1. The second-order valence-corrected chi connectivity index (χ2v) is 4.77. The quantitative estimate of drug-likeness (QED) is 0.798. The van der Waals surface area contributed by atoms with Gasteiger partial charge in [0.2, 0.25) is 5.91 Å². The number of hydrogen-bond acceptors (Lipinski definition) is 3. The van der Waals surface area contributed by atoms with Gasteiger partial charge in [0.15, 0.2) is 0 Å². The topological polar surface area (TPSA) is 70.1 Å². The first-order chi connectivity index (χ1) is 9.67. The summed E-state index contributed by atoms with van der Waals surface area (Å²) >= 11 is 5.94. The van der Waals surface area contributed by atoms with E-state index < -0.39 is 0 Å². The van der Waals surface area contributed by atoms with Crippen LogP contribution in [0.2, 0.25) is 0 Å². The molecule has 0 aliphatic heterocycles. The van der Waals surface area contributed by atoms with Crippen LogP contribution >= 0.6 is 11.6 Å². The van der Waals surface area contributed by atoms with Crippen LogP contribution in [-0.2, 0) is 17.2 Å². The zero-order chi connectivity index (χ0) is 14.5. The largest absolute Gasteiger partial charge is 0.491 e. The Morgan fingerprint density at radius 2 is 2.30 bits per heavy atom. The number of carbonyl (C=O) groups excluding carboxylic acids is 1. The standard InChI is InChI=1S/C14H18ClN3O2/c1-2-8-20-11-5-3-4-10-14(11)17-13(9-15)18(10)7-6-12(16)19/h3-5H,2,6-9H2,1H3,(H2,16,19). The number of nitrogens with zero attached hydrogens (tertiary/aromatic N) is 2. The number of rotatable bonds is 7. The molecule has 0 saturated heterocycles. The lowest BCUT2D eigenvalue weighted by atomic mass is 10.3. The molecule has 0 spiro atoms. The van der Waals surface area contributed by atoms with Crippen molar-refractivity contribution < 1.29 is 9.53 Å². The van der Waals surface area contributed by atoms with E-state index in [1.54, 1.807) is 0 Å². The first-order valence-electron chi connectivity index (χ1n) is 6.62. The van der Waals surface area contributed by atoms with Crippen molar-refractivity contribution in [3.05, 3.63) is 24.0 Å². The number of fused-ring (bicyclic) bond motifs is 1. The highest BCUT2D eigenvalue weighted by Crippen LogP contribution is 2.27. The van der Waals surface area contributed by atoms with E-state index in [-0.39, 0.29) is 18.2 Å². The molecule has 0 saturated carbocycles. The van der Waals surface area contributed by atoms with Gasteiger partial charge in [0.05, 0.1) is 18.0 Å². The third kappa shape index (κ3) is 3.04. The first kappa shape index (κ1) is 14.7. The predicted octanol–water partition coefficient (Wildman–Crippen LogP) is 2.44. The average molecular weight is 296 g/mol. The second-order valence-electron chi connectivity index (χ2n) is 4.50. The van der Waals surface area contributed by atoms with Gasteiger partial charge in [0.25, 0.3) is 0 Å². The molecule has 0 unspecified atom stereocenters. The van der Waals surface area contributed by atoms with Crippen LogP contribution in [0.4, 0.5) is 0 Å². The number of carbonyl (C=O) groups is 1. The summed E-state index contributed by atoms with van der Waals surface area (Å²) < 4.78 is 7.62. The lowest BCUT2D eigenvalue weighted by molar-refractivity contribution is -0.118. The van der Waals surface area contributed by atoms with Crippen molar-refractivity contribution in [3.63, 3.8) is 0 Å². The van der Waals surface area contributed by atoms with Gasteiger partial charge in [-0.1, -0.05) is 13.0 Å². The molecule has 0 radical (unpaired) electrons. The summed E-state index contributed by atoms with van der Waals surface area (Å²) in [5.41, 5.74) is 6.90. The smallest absolute Gasteiger partial charge is 0.219 e. The van der Waals surface area contributed by atoms with Gasteiger partial charge in [0, 0.05) is 13.0 Å². The van der Waals surface area contributed by atoms with Gasteiger partial charge in [-0.25, -0.2) is 4.98 Å². The Hall–Kier alpha value is -1.75. The van der Waals surface area contributed by atoms with Crippen LogP contribution in [0.3, 0.4) is 0 Å². The number of ether oxygens (including phenoxy) is 1. The van der Waals surface area contributed by atoms with Crippen LogP contribution in [0.25, 0.3) is 11.0 Å². The van der Waals surface area contributed by atoms with Gasteiger partial charge in [-0.15, -0.1) is 11.6 Å². The van der Waals surface area contributed by atoms with Crippen molar-refractivity contribution in [2.75, 3.05) is 6.61 Å². The monoisotopic (exact) mass is 295 g/mol. The molecule has 1 heterocycles. The predicted molar refractivity (Wildman–Crippen MR) is 78.9 cm³/mol. The molecule has 1 amide bonds. The highest BCUT2D eigenvalue weighted by molar-refractivity contribution is 6.16. The summed E-state index contributed by atoms with van der Waals surface area (Å²) in [7, 11) is 0. The maximum absolute atomic E-state index is 11.0. The summed E-state index contributed by atoms with van der Waals surface area (Å²) in [5.74, 6) is 1.40. The maximum Gasteiger partial charge on any atom is 0.219 e. The highest BCUT2D eigenvalue weighted by Gasteiger charge is 2.14. The van der Waals surface area contributed by atoms with E-state index in [9.17, 15) is 4.79 Å². The SMILES string of the molecule is CCCOc1cccc2c1nc(CCl)n2CCC(N)=O. The molecular formula is C14H18ClN3O2. The molecule has 108 valence electrons. The second kappa shape index (κ2) is 6.61. The zero-order valence-corrected chi connectivity index (χ0v) is 12.2. The number of para-hydroxylation sites is 1. The van der Waals surface area contributed by atoms with Crippen molar-refractivity contribution in [1.29, 1.82) is 0 Å². The summed E-state index contributed by atoms with van der Waals surface area (Å²) in [6.45, 7) is 3.17. The number of nitrogens with two attached hydrogens (primary N) is 1. The molecule has 2 N–H and O–H groups in total. The Morgan fingerprint density at radius 3 is 2.95 bits per heavy atom. The van der Waals surface area contributed by atoms with Gasteiger partial charge < -0.3 is 15.0 Å². The molecule has 2 rings (SSSR count). The molecule has 20 heavy (non-hydrogen) atoms. The summed E-state index contributed by atoms with van der Waals surface area (Å²) in [4.78, 5) is 15.5. The fourth-order valence-corrected chi connectivity index (χ4v) is 2.28. The van der Waals surface area contributed by atoms with Crippen LogP contribution in [0, 0.1) is 0 Å². The lowest BCUT2D eigenvalue weighted by Crippen LogP contribution is -2.14. The number of benzene rings is 1. The Bertz CT molecular complexity index is 610. The number of halogens is 1. The minimum absolute atomic E-state index is 0.259. The molecule has 0 fully saturated rings. The van der Waals surface area contributed by atoms with Gasteiger partial charge in [-0.05, 0) is 18.6 Å². The number of alkyl halides is 1. The van der Waals surface area contributed by atoms with Gasteiger partial charge in [-0.2, -0.15) is 0 Å². The van der Waals surface area contributed by atoms with Crippen LogP contribution in [0.1, 0.15) is 25.6 Å². The van der Waals surface area contributed by atoms with E-state index in [1.807, 2.05) is 22.8 Å². The van der Waals surface area contributed by atoms with Crippen LogP contribution < -0.4 is 10.5 Å². The van der Waals surface area contributed by atoms with Crippen molar-refractivity contribution in [3.8, 4) is 5.75 Å². The van der Waals surface area contributed by atoms with Crippen molar-refractivity contribution in [2.24, 2.45) is 5.73 Å². The minimum Gasteiger partial charge on any atom is -0.491 e. The summed E-state index contributed by atoms with van der Waals surface area (Å²) in [6, 6.07) is 5.74. The molecular weight excluding hydrogens is 278 g/mol. The molecule has 6 heteroatoms. The Balaban J connectivity index is 2.42. The van der Waals surface area contributed by atoms with Gasteiger partial charge in [0.1, 0.15) is 17.1 Å². The van der Waals surface area contributed by atoms with Crippen molar-refractivity contribution in [2.45, 2.75) is 32.2 Å². The Labute approximate surface area is 122 Å². The number of amides is 1. The molecule has 0 aliphatic rings. The Kier molecular flexibility index (Phi) is 4.84. The molecule has 2 aromatic rings. The molecule has 0 bridgehead atoms. The van der Waals surface area contributed by atoms with E-state index >= 15 is 0 Å². The van der Waals surface area contributed by atoms with Crippen molar-refractivity contribution in [1.82, 2.24) is 9.55 Å². The zero-order valence-electron chi connectivity index (χ0n) is 11.4. The molecule has 1 aromatic heterocycles. The third-order valence-corrected chi connectivity index (χ3v) is 3.22.